The number of hydrogen-bond acceptors (Lipinski definition) is 16. The van der Waals surface area contributed by atoms with E-state index in [4.69, 9.17) is 45.8 Å². The van der Waals surface area contributed by atoms with E-state index < -0.39 is 143 Å². The molecule has 3 fully saturated rings. The Kier molecular flexibility index (Phi) is 25.3. The van der Waals surface area contributed by atoms with E-state index >= 15 is 13.2 Å². The molecule has 5 N–H and O–H groups in total. The minimum atomic E-state index is -5.19. The minimum absolute atomic E-state index is 0.00714. The number of nitrogens with two attached hydrogens (primary N) is 1. The second-order valence-electron chi connectivity index (χ2n) is 26.3. The average molecular weight is 1310 g/mol. The molecular formula is C67H91ClF3N5O16. The lowest BCUT2D eigenvalue weighted by Crippen LogP contribution is -2.53. The van der Waals surface area contributed by atoms with Crippen molar-refractivity contribution in [1.29, 1.82) is 0 Å². The first-order valence-corrected chi connectivity index (χ1v) is 31.8. The van der Waals surface area contributed by atoms with E-state index in [1.54, 1.807) is 52.0 Å². The zero-order chi connectivity index (χ0) is 68.4. The van der Waals surface area contributed by atoms with E-state index in [2.05, 4.69) is 10.6 Å². The number of alkyl halides is 3. The summed E-state index contributed by atoms with van der Waals surface area (Å²) in [5, 5.41) is 17.2. The van der Waals surface area contributed by atoms with E-state index in [1.807, 2.05) is 26.8 Å². The minimum Gasteiger partial charge on any atom is -0.495 e. The van der Waals surface area contributed by atoms with Crippen molar-refractivity contribution >= 4 is 70.5 Å². The van der Waals surface area contributed by atoms with Gasteiger partial charge in [0.25, 0.3) is 5.91 Å². The van der Waals surface area contributed by atoms with Crippen molar-refractivity contribution in [2.45, 2.75) is 211 Å². The molecule has 2 saturated heterocycles. The standard InChI is InChI=1S/C67H91ClF3N5O16/c1-37(2)46(33-44(77)21-13-14-26-64(6,7)92-62(84)43-19-16-20-43)59(81)74-48(22-17-27-73-63(72)85)50(78)31-41-24-25-45(47(29-41)67(69,70)71)60(82)75(9)40(5)61(83)90-54-34-55(79)76(10)49-30-42(32-51(87-11)57(49)68)28-38(3)18-15-23-53(88-12)66(86)35-52(89-56(80)36-66)39(4)58-65(54,8)91-58/h15,18,23-25,29-30,32,37,39-40,43,46,48,52-54,58,86H,13-14,16-17,19-22,26-28,31,33-36H2,1-12H3,(H,74,81)(H3,72,73,85)/b23-15+,38-18+/t39-,40+,46+,48+,52+,53-,54+,58+,65+,66-/m1/s1. The molecule has 5 amide bonds. The topological polar surface area (TPSA) is 289 Å². The number of benzene rings is 2. The van der Waals surface area contributed by atoms with E-state index in [0.29, 0.717) is 37.3 Å². The Labute approximate surface area is 541 Å². The van der Waals surface area contributed by atoms with Crippen LogP contribution in [0.4, 0.5) is 23.7 Å². The Morgan fingerprint density at radius 1 is 1.01 bits per heavy atom. The number of amides is 5. The third kappa shape index (κ3) is 19.1. The number of Topliss-reactive ketones (excluding diaryl/α,β-unsaturated/α-hetero) is 2. The van der Waals surface area contributed by atoms with Crippen LogP contribution in [0.1, 0.15) is 166 Å². The number of anilines is 1. The van der Waals surface area contributed by atoms with Gasteiger partial charge in [0, 0.05) is 65.3 Å². The third-order valence-corrected chi connectivity index (χ3v) is 18.6. The van der Waals surface area contributed by atoms with Crippen molar-refractivity contribution in [2.75, 3.05) is 39.8 Å². The number of halogens is 4. The number of ketones is 2. The maximum Gasteiger partial charge on any atom is 0.417 e. The summed E-state index contributed by atoms with van der Waals surface area (Å²) >= 11 is 6.83. The second-order valence-corrected chi connectivity index (χ2v) is 26.6. The van der Waals surface area contributed by atoms with Gasteiger partial charge >= 0.3 is 30.1 Å². The number of nitrogens with one attached hydrogen (secondary N) is 2. The molecule has 10 atom stereocenters. The molecule has 4 aliphatic rings. The smallest absolute Gasteiger partial charge is 0.417 e. The second kappa shape index (κ2) is 31.4. The largest absolute Gasteiger partial charge is 0.495 e. The highest BCUT2D eigenvalue weighted by molar-refractivity contribution is 6.35. The van der Waals surface area contributed by atoms with Gasteiger partial charge in [-0.05, 0) is 127 Å². The number of aliphatic hydroxyl groups is 1. The number of primary amides is 1. The molecule has 21 nitrogen and oxygen atoms in total. The highest BCUT2D eigenvalue weighted by Crippen LogP contribution is 2.50. The molecule has 92 heavy (non-hydrogen) atoms. The van der Waals surface area contributed by atoms with Crippen LogP contribution in [0.25, 0.3) is 0 Å². The number of esters is 3. The van der Waals surface area contributed by atoms with Gasteiger partial charge in [-0.2, -0.15) is 13.2 Å². The van der Waals surface area contributed by atoms with E-state index in [-0.39, 0.29) is 84.3 Å². The fourth-order valence-corrected chi connectivity index (χ4v) is 12.4. The fraction of sp³-hybridized carbons (Fsp3) is 0.627. The average Bonchev–Trinajstić information content (AvgIpc) is 1.57. The molecule has 6 rings (SSSR count). The van der Waals surface area contributed by atoms with Crippen LogP contribution in [0, 0.1) is 23.7 Å². The Morgan fingerprint density at radius 3 is 2.33 bits per heavy atom. The molecule has 0 aromatic heterocycles. The first-order chi connectivity index (χ1) is 43.0. The molecule has 0 radical (unpaired) electrons. The van der Waals surface area contributed by atoms with Gasteiger partial charge in [0.2, 0.25) is 11.8 Å². The molecule has 0 spiro atoms. The number of unbranched alkanes of at least 4 members (excludes halogenated alkanes) is 1. The van der Waals surface area contributed by atoms with Gasteiger partial charge in [-0.15, -0.1) is 0 Å². The Morgan fingerprint density at radius 2 is 1.71 bits per heavy atom. The van der Waals surface area contributed by atoms with Gasteiger partial charge in [-0.1, -0.05) is 68.7 Å². The van der Waals surface area contributed by atoms with Crippen LogP contribution in [0.5, 0.6) is 5.75 Å². The Bertz CT molecular complexity index is 3130. The number of rotatable bonds is 25. The van der Waals surface area contributed by atoms with Crippen molar-refractivity contribution in [3.63, 3.8) is 0 Å². The van der Waals surface area contributed by atoms with E-state index in [0.717, 1.165) is 48.9 Å². The summed E-state index contributed by atoms with van der Waals surface area (Å²) < 4.78 is 80.8. The van der Waals surface area contributed by atoms with Crippen LogP contribution >= 0.6 is 11.6 Å². The molecule has 3 aliphatic heterocycles. The van der Waals surface area contributed by atoms with Gasteiger partial charge < -0.3 is 59.7 Å². The SMILES string of the molecule is COc1cc2cc(c1Cl)N(C)C(=O)C[C@H](OC(=O)[C@H](C)N(C)C(=O)c1ccc(CC(=O)[C@H](CCCNC(N)=O)NC(=O)[C@@H](CC(=O)CCCCC(C)(C)OC(=O)C3CCC3)C(C)C)cc1C(F)(F)F)[C@]1(C)O[C@H]1[C@H](C)[C@@H]1C[C@@](O)(CC(=O)O1)[C@H](OC)/C=C/C=C(\C)C2. The monoisotopic (exact) mass is 1310 g/mol. The quantitative estimate of drug-likeness (QED) is 0.0312. The van der Waals surface area contributed by atoms with Gasteiger partial charge in [0.05, 0.1) is 54.8 Å². The zero-order valence-electron chi connectivity index (χ0n) is 54.8. The lowest BCUT2D eigenvalue weighted by atomic mass is 9.78. The lowest BCUT2D eigenvalue weighted by Gasteiger charge is -2.41. The summed E-state index contributed by atoms with van der Waals surface area (Å²) in [7, 11) is 5.36. The van der Waals surface area contributed by atoms with Crippen LogP contribution in [0.3, 0.4) is 0 Å². The van der Waals surface area contributed by atoms with Crippen molar-refractivity contribution in [3.05, 3.63) is 81.4 Å². The number of urea groups is 1. The maximum absolute atomic E-state index is 15.2. The third-order valence-electron chi connectivity index (χ3n) is 18.3. The number of likely N-dealkylation sites (N-methyl/N-ethyl adjacent to an activating group) is 1. The molecule has 25 heteroatoms. The van der Waals surface area contributed by atoms with Gasteiger partial charge in [0.15, 0.2) is 5.78 Å². The zero-order valence-corrected chi connectivity index (χ0v) is 55.5. The predicted molar refractivity (Wildman–Crippen MR) is 334 cm³/mol. The van der Waals surface area contributed by atoms with Gasteiger partial charge in [-0.25, -0.2) is 9.59 Å². The summed E-state index contributed by atoms with van der Waals surface area (Å²) in [6.07, 6.45) is -1.45. The summed E-state index contributed by atoms with van der Waals surface area (Å²) in [5.41, 5.74) is 0.564. The number of hydrogen-bond donors (Lipinski definition) is 4. The van der Waals surface area contributed by atoms with Crippen LogP contribution in [0.2, 0.25) is 5.02 Å². The molecule has 1 aliphatic carbocycles. The van der Waals surface area contributed by atoms with Crippen LogP contribution in [-0.4, -0.2) is 151 Å². The molecule has 1 saturated carbocycles. The highest BCUT2D eigenvalue weighted by atomic mass is 35.5. The number of carbonyl (C=O) groups excluding carboxylic acids is 9. The van der Waals surface area contributed by atoms with Crippen molar-refractivity contribution < 1.29 is 89.8 Å². The van der Waals surface area contributed by atoms with Crippen LogP contribution in [0.15, 0.2) is 54.1 Å². The van der Waals surface area contributed by atoms with Crippen LogP contribution in [-0.2, 0) is 76.3 Å². The van der Waals surface area contributed by atoms with Crippen molar-refractivity contribution in [1.82, 2.24) is 15.5 Å². The van der Waals surface area contributed by atoms with Crippen LogP contribution < -0.4 is 26.0 Å². The molecule has 4 bridgehead atoms. The number of nitrogens with zero attached hydrogens (tertiary/aromatic N) is 2. The number of fused-ring (bicyclic) bond motifs is 5. The molecule has 0 unspecified atom stereocenters. The summed E-state index contributed by atoms with van der Waals surface area (Å²) in [6.45, 7) is 13.5. The number of methoxy groups -OCH3 is 2. The number of carbonyl (C=O) groups is 9. The van der Waals surface area contributed by atoms with E-state index in [1.165, 1.54) is 33.1 Å². The predicted octanol–water partition coefficient (Wildman–Crippen LogP) is 9.06. The summed E-state index contributed by atoms with van der Waals surface area (Å²) in [6, 6.07) is 2.30. The normalized spacial score (nSPS) is 24.9. The summed E-state index contributed by atoms with van der Waals surface area (Å²) in [5.74, 6) is -7.31. The Hall–Kier alpha value is -6.89. The number of ether oxygens (including phenoxy) is 6. The molecule has 2 aromatic carbocycles. The fourth-order valence-electron chi connectivity index (χ4n) is 12.1. The van der Waals surface area contributed by atoms with E-state index in [9.17, 15) is 48.3 Å². The lowest BCUT2D eigenvalue weighted by molar-refractivity contribution is -0.187. The highest BCUT2D eigenvalue weighted by Gasteiger charge is 2.64. The van der Waals surface area contributed by atoms with Gasteiger partial charge in [0.1, 0.15) is 57.7 Å². The molecule has 508 valence electrons. The molecule has 3 heterocycles. The summed E-state index contributed by atoms with van der Waals surface area (Å²) in [4.78, 5) is 124. The molecular weight excluding hydrogens is 1220 g/mol. The Balaban J connectivity index is 1.20. The maximum atomic E-state index is 15.2. The molecule has 2 aromatic rings. The number of epoxide rings is 1. The van der Waals surface area contributed by atoms with Gasteiger partial charge in [-0.3, -0.25) is 33.6 Å². The first kappa shape index (κ1) is 74.2. The first-order valence-electron chi connectivity index (χ1n) is 31.4. The van der Waals surface area contributed by atoms with Crippen molar-refractivity contribution in [3.8, 4) is 5.75 Å². The van der Waals surface area contributed by atoms with Crippen molar-refractivity contribution in [2.24, 2.45) is 29.4 Å². The number of allylic oxidation sites excluding steroid dienone is 3.